The van der Waals surface area contributed by atoms with Gasteiger partial charge >= 0.3 is 6.18 Å². The van der Waals surface area contributed by atoms with Crippen LogP contribution in [0, 0.1) is 0 Å². The molecule has 0 heterocycles. The van der Waals surface area contributed by atoms with E-state index in [2.05, 4.69) is 11.7 Å². The van der Waals surface area contributed by atoms with Gasteiger partial charge in [-0.25, -0.2) is 0 Å². The highest BCUT2D eigenvalue weighted by Crippen LogP contribution is 2.28. The zero-order valence-corrected chi connectivity index (χ0v) is 11.6. The number of oxime groups is 1. The van der Waals surface area contributed by atoms with Gasteiger partial charge in [-0.1, -0.05) is 54.2 Å². The molecule has 0 unspecified atom stereocenters. The van der Waals surface area contributed by atoms with Crippen molar-refractivity contribution >= 4 is 6.21 Å². The van der Waals surface area contributed by atoms with Crippen molar-refractivity contribution in [2.75, 3.05) is 0 Å². The molecule has 0 aromatic heterocycles. The van der Waals surface area contributed by atoms with Crippen LogP contribution < -0.4 is 0 Å². The molecule has 0 saturated heterocycles. The van der Waals surface area contributed by atoms with Gasteiger partial charge in [-0.05, 0) is 29.3 Å². The van der Waals surface area contributed by atoms with Crippen molar-refractivity contribution in [2.45, 2.75) is 12.3 Å². The Bertz CT molecular complexity index is 633. The highest BCUT2D eigenvalue weighted by atomic mass is 19.4. The fraction of sp³-hybridized carbons (Fsp3) is 0.118. The Morgan fingerprint density at radius 1 is 1.00 bits per heavy atom. The molecule has 0 radical (unpaired) electrons. The van der Waals surface area contributed by atoms with E-state index in [0.717, 1.165) is 17.7 Å². The number of alkyl halides is 3. The molecule has 0 aliphatic heterocycles. The van der Waals surface area contributed by atoms with Crippen LogP contribution >= 0.6 is 0 Å². The number of hydrogen-bond acceptors (Lipinski definition) is 2. The van der Waals surface area contributed by atoms with Gasteiger partial charge in [0.05, 0.1) is 11.8 Å². The number of nitrogens with zero attached hydrogens (tertiary/aromatic N) is 1. The average Bonchev–Trinajstić information content (AvgIpc) is 2.52. The Kier molecular flexibility index (Phi) is 4.99. The monoisotopic (exact) mass is 305 g/mol. The fourth-order valence-corrected chi connectivity index (χ4v) is 1.80. The maximum Gasteiger partial charge on any atom is 0.416 e. The summed E-state index contributed by atoms with van der Waals surface area (Å²) in [6.07, 6.45) is -1.79. The lowest BCUT2D eigenvalue weighted by Crippen LogP contribution is -2.04. The van der Waals surface area contributed by atoms with Gasteiger partial charge in [-0.2, -0.15) is 13.2 Å². The molecule has 2 nitrogen and oxygen atoms in total. The van der Waals surface area contributed by atoms with E-state index in [0.29, 0.717) is 5.56 Å². The third-order valence-corrected chi connectivity index (χ3v) is 2.96. The summed E-state index contributed by atoms with van der Waals surface area (Å²) >= 11 is 0. The second kappa shape index (κ2) is 6.93. The molecule has 0 saturated carbocycles. The quantitative estimate of drug-likeness (QED) is 0.433. The van der Waals surface area contributed by atoms with Crippen LogP contribution in [0.3, 0.4) is 0 Å². The summed E-state index contributed by atoms with van der Waals surface area (Å²) in [4.78, 5) is 5.31. The van der Waals surface area contributed by atoms with E-state index in [1.807, 2.05) is 30.3 Å². The summed E-state index contributed by atoms with van der Waals surface area (Å²) in [7, 11) is 0. The summed E-state index contributed by atoms with van der Waals surface area (Å²) in [6, 6.07) is 14.0. The molecule has 0 aliphatic carbocycles. The molecule has 22 heavy (non-hydrogen) atoms. The lowest BCUT2D eigenvalue weighted by molar-refractivity contribution is -0.137. The van der Waals surface area contributed by atoms with Crippen molar-refractivity contribution in [3.05, 3.63) is 83.9 Å². The van der Waals surface area contributed by atoms with Gasteiger partial charge in [0.15, 0.2) is 6.10 Å². The van der Waals surface area contributed by atoms with Crippen LogP contribution in [-0.4, -0.2) is 6.21 Å². The number of rotatable bonds is 5. The van der Waals surface area contributed by atoms with Gasteiger partial charge in [0.2, 0.25) is 0 Å². The Morgan fingerprint density at radius 3 is 2.18 bits per heavy atom. The molecule has 0 N–H and O–H groups in total. The number of halogens is 3. The van der Waals surface area contributed by atoms with E-state index in [-0.39, 0.29) is 0 Å². The zero-order valence-electron chi connectivity index (χ0n) is 11.6. The second-order valence-electron chi connectivity index (χ2n) is 4.53. The minimum Gasteiger partial charge on any atom is -0.383 e. The predicted octanol–water partition coefficient (Wildman–Crippen LogP) is 4.98. The molecule has 0 bridgehead atoms. The Morgan fingerprint density at radius 2 is 1.64 bits per heavy atom. The molecule has 114 valence electrons. The molecular weight excluding hydrogens is 291 g/mol. The lowest BCUT2D eigenvalue weighted by Gasteiger charge is -2.10. The summed E-state index contributed by atoms with van der Waals surface area (Å²) in [5.41, 5.74) is 0.713. The summed E-state index contributed by atoms with van der Waals surface area (Å²) in [5, 5.41) is 3.80. The van der Waals surface area contributed by atoms with Gasteiger partial charge in [0, 0.05) is 0 Å². The highest BCUT2D eigenvalue weighted by Gasteiger charge is 2.29. The van der Waals surface area contributed by atoms with E-state index in [1.165, 1.54) is 18.3 Å². The summed E-state index contributed by atoms with van der Waals surface area (Å²) < 4.78 is 37.3. The van der Waals surface area contributed by atoms with Gasteiger partial charge in [0.25, 0.3) is 0 Å². The van der Waals surface area contributed by atoms with Gasteiger partial charge in [0.1, 0.15) is 0 Å². The highest BCUT2D eigenvalue weighted by molar-refractivity contribution is 5.79. The van der Waals surface area contributed by atoms with Crippen molar-refractivity contribution in [2.24, 2.45) is 5.16 Å². The van der Waals surface area contributed by atoms with E-state index >= 15 is 0 Å². The van der Waals surface area contributed by atoms with Crippen LogP contribution in [0.2, 0.25) is 0 Å². The van der Waals surface area contributed by atoms with Crippen molar-refractivity contribution in [1.82, 2.24) is 0 Å². The maximum atomic E-state index is 12.4. The first kappa shape index (κ1) is 15.8. The molecule has 2 aromatic rings. The second-order valence-corrected chi connectivity index (χ2v) is 4.53. The van der Waals surface area contributed by atoms with Crippen LogP contribution in [-0.2, 0) is 11.0 Å². The Hall–Kier alpha value is -2.56. The van der Waals surface area contributed by atoms with Gasteiger partial charge in [-0.3, -0.25) is 0 Å². The topological polar surface area (TPSA) is 21.6 Å². The number of hydrogen-bond donors (Lipinski definition) is 0. The first-order valence-corrected chi connectivity index (χ1v) is 6.54. The lowest BCUT2D eigenvalue weighted by atomic mass is 10.1. The van der Waals surface area contributed by atoms with E-state index in [4.69, 9.17) is 4.84 Å². The maximum absolute atomic E-state index is 12.4. The Labute approximate surface area is 126 Å². The molecule has 5 heteroatoms. The third-order valence-electron chi connectivity index (χ3n) is 2.96. The minimum absolute atomic E-state index is 0.410. The molecule has 0 aliphatic rings. The molecular formula is C17H14F3NO. The van der Waals surface area contributed by atoms with Crippen molar-refractivity contribution < 1.29 is 18.0 Å². The first-order valence-electron chi connectivity index (χ1n) is 6.54. The molecule has 0 fully saturated rings. The largest absolute Gasteiger partial charge is 0.416 e. The Balaban J connectivity index is 2.01. The average molecular weight is 305 g/mol. The molecule has 0 amide bonds. The van der Waals surface area contributed by atoms with Crippen LogP contribution in [0.5, 0.6) is 0 Å². The third kappa shape index (κ3) is 4.22. The predicted molar refractivity (Wildman–Crippen MR) is 79.5 cm³/mol. The van der Waals surface area contributed by atoms with Gasteiger partial charge in [-0.15, -0.1) is 0 Å². The smallest absolute Gasteiger partial charge is 0.383 e. The van der Waals surface area contributed by atoms with Crippen molar-refractivity contribution in [1.29, 1.82) is 0 Å². The van der Waals surface area contributed by atoms with Crippen LogP contribution in [0.15, 0.2) is 72.4 Å². The SMILES string of the molecule is C=C[C@H](O/N=C/c1ccc(C(F)(F)F)cc1)c1ccccc1. The normalized spacial score (nSPS) is 13.0. The standard InChI is InChI=1S/C17H14F3NO/c1-2-16(14-6-4-3-5-7-14)22-21-12-13-8-10-15(11-9-13)17(18,19)20/h2-12,16H,1H2/b21-12+/t16-/m0/s1. The summed E-state index contributed by atoms with van der Waals surface area (Å²) in [5.74, 6) is 0. The van der Waals surface area contributed by atoms with Crippen LogP contribution in [0.25, 0.3) is 0 Å². The fourth-order valence-electron chi connectivity index (χ4n) is 1.80. The van der Waals surface area contributed by atoms with Crippen LogP contribution in [0.1, 0.15) is 22.8 Å². The molecule has 2 aromatic carbocycles. The summed E-state index contributed by atoms with van der Waals surface area (Å²) in [6.45, 7) is 3.68. The van der Waals surface area contributed by atoms with Crippen LogP contribution in [0.4, 0.5) is 13.2 Å². The zero-order chi connectivity index (χ0) is 16.0. The van der Waals surface area contributed by atoms with Crippen molar-refractivity contribution in [3.63, 3.8) is 0 Å². The number of benzene rings is 2. The van der Waals surface area contributed by atoms with E-state index < -0.39 is 17.8 Å². The van der Waals surface area contributed by atoms with Crippen molar-refractivity contribution in [3.8, 4) is 0 Å². The molecule has 0 spiro atoms. The van der Waals surface area contributed by atoms with Gasteiger partial charge < -0.3 is 4.84 Å². The van der Waals surface area contributed by atoms with E-state index in [9.17, 15) is 13.2 Å². The first-order chi connectivity index (χ1) is 10.5. The molecule has 1 atom stereocenters. The minimum atomic E-state index is -4.34. The van der Waals surface area contributed by atoms with E-state index in [1.54, 1.807) is 6.08 Å². The molecule has 2 rings (SSSR count).